The first-order valence-corrected chi connectivity index (χ1v) is 8.79. The summed E-state index contributed by atoms with van der Waals surface area (Å²) >= 11 is 0. The molecule has 1 aliphatic rings. The Morgan fingerprint density at radius 3 is 2.04 bits per heavy atom. The van der Waals surface area contributed by atoms with Crippen LogP contribution in [0.5, 0.6) is 0 Å². The molecule has 0 saturated carbocycles. The van der Waals surface area contributed by atoms with Crippen molar-refractivity contribution in [2.75, 3.05) is 38.2 Å². The predicted octanol–water partition coefficient (Wildman–Crippen LogP) is 3.05. The summed E-state index contributed by atoms with van der Waals surface area (Å²) in [5, 5.41) is 0. The summed E-state index contributed by atoms with van der Waals surface area (Å²) in [7, 11) is 1.38. The third kappa shape index (κ3) is 3.72. The highest BCUT2D eigenvalue weighted by molar-refractivity contribution is 5.94. The Morgan fingerprint density at radius 2 is 1.46 bits per heavy atom. The van der Waals surface area contributed by atoms with Gasteiger partial charge in [0.2, 0.25) is 0 Å². The van der Waals surface area contributed by atoms with Gasteiger partial charge in [-0.2, -0.15) is 0 Å². The largest absolute Gasteiger partial charge is 0.465 e. The van der Waals surface area contributed by atoms with E-state index in [1.54, 1.807) is 12.1 Å². The molecule has 0 aliphatic carbocycles. The van der Waals surface area contributed by atoms with Crippen molar-refractivity contribution in [1.29, 1.82) is 0 Å². The second kappa shape index (κ2) is 7.60. The maximum atomic E-state index is 12.7. The number of ether oxygens (including phenoxy) is 1. The molecule has 3 rings (SSSR count). The van der Waals surface area contributed by atoms with Crippen molar-refractivity contribution < 1.29 is 14.3 Å². The highest BCUT2D eigenvalue weighted by atomic mass is 16.5. The number of piperazine rings is 1. The van der Waals surface area contributed by atoms with Crippen LogP contribution in [0.25, 0.3) is 0 Å². The number of esters is 1. The highest BCUT2D eigenvalue weighted by Gasteiger charge is 2.22. The molecule has 5 heteroatoms. The van der Waals surface area contributed by atoms with Gasteiger partial charge in [-0.1, -0.05) is 6.07 Å². The maximum absolute atomic E-state index is 12.7. The fourth-order valence-electron chi connectivity index (χ4n) is 3.15. The second-order valence-electron chi connectivity index (χ2n) is 6.62. The first-order valence-electron chi connectivity index (χ1n) is 8.79. The number of anilines is 1. The second-order valence-corrected chi connectivity index (χ2v) is 6.62. The molecule has 2 aromatic rings. The van der Waals surface area contributed by atoms with Gasteiger partial charge < -0.3 is 14.5 Å². The Balaban J connectivity index is 1.62. The number of hydrogen-bond acceptors (Lipinski definition) is 4. The number of methoxy groups -OCH3 is 1. The van der Waals surface area contributed by atoms with Crippen molar-refractivity contribution in [1.82, 2.24) is 4.90 Å². The minimum Gasteiger partial charge on any atom is -0.465 e. The smallest absolute Gasteiger partial charge is 0.337 e. The zero-order chi connectivity index (χ0) is 18.7. The first kappa shape index (κ1) is 18.0. The number of hydrogen-bond donors (Lipinski definition) is 0. The average Bonchev–Trinajstić information content (AvgIpc) is 2.69. The molecule has 2 aromatic carbocycles. The van der Waals surface area contributed by atoms with E-state index < -0.39 is 0 Å². The molecule has 1 heterocycles. The number of nitrogens with zero attached hydrogens (tertiary/aromatic N) is 2. The van der Waals surface area contributed by atoms with Crippen LogP contribution < -0.4 is 4.90 Å². The zero-order valence-electron chi connectivity index (χ0n) is 15.5. The first-order chi connectivity index (χ1) is 12.5. The molecule has 1 amide bonds. The number of carbonyl (C=O) groups excluding carboxylic acids is 2. The van der Waals surface area contributed by atoms with Crippen molar-refractivity contribution in [3.8, 4) is 0 Å². The molecule has 0 atom stereocenters. The van der Waals surface area contributed by atoms with Gasteiger partial charge >= 0.3 is 5.97 Å². The van der Waals surface area contributed by atoms with E-state index in [-0.39, 0.29) is 11.9 Å². The van der Waals surface area contributed by atoms with E-state index >= 15 is 0 Å². The van der Waals surface area contributed by atoms with E-state index in [0.717, 1.165) is 29.9 Å². The third-order valence-corrected chi connectivity index (χ3v) is 4.97. The Bertz CT molecular complexity index is 807. The van der Waals surface area contributed by atoms with E-state index in [0.29, 0.717) is 18.7 Å². The van der Waals surface area contributed by atoms with Gasteiger partial charge in [0.15, 0.2) is 0 Å². The third-order valence-electron chi connectivity index (χ3n) is 4.97. The van der Waals surface area contributed by atoms with Gasteiger partial charge in [0.05, 0.1) is 12.7 Å². The Kier molecular flexibility index (Phi) is 5.26. The summed E-state index contributed by atoms with van der Waals surface area (Å²) in [5.74, 6) is -0.242. The van der Waals surface area contributed by atoms with Crippen molar-refractivity contribution >= 4 is 17.6 Å². The van der Waals surface area contributed by atoms with Gasteiger partial charge in [-0.15, -0.1) is 0 Å². The molecule has 1 aliphatic heterocycles. The number of carbonyl (C=O) groups is 2. The molecule has 1 fully saturated rings. The number of amides is 1. The summed E-state index contributed by atoms with van der Waals surface area (Å²) in [6.45, 7) is 6.99. The Hall–Kier alpha value is -2.82. The summed E-state index contributed by atoms with van der Waals surface area (Å²) in [4.78, 5) is 28.4. The van der Waals surface area contributed by atoms with Crippen LogP contribution in [0, 0.1) is 13.8 Å². The summed E-state index contributed by atoms with van der Waals surface area (Å²) in [6, 6.07) is 13.3. The topological polar surface area (TPSA) is 49.9 Å². The van der Waals surface area contributed by atoms with Crippen LogP contribution in [0.2, 0.25) is 0 Å². The molecule has 0 radical (unpaired) electrons. The minimum atomic E-state index is -0.333. The lowest BCUT2D eigenvalue weighted by Gasteiger charge is -2.36. The molecular weight excluding hydrogens is 328 g/mol. The van der Waals surface area contributed by atoms with Gasteiger partial charge in [0, 0.05) is 37.4 Å². The molecule has 1 saturated heterocycles. The van der Waals surface area contributed by atoms with Gasteiger partial charge in [-0.25, -0.2) is 4.79 Å². The monoisotopic (exact) mass is 352 g/mol. The normalized spacial score (nSPS) is 14.3. The molecule has 0 unspecified atom stereocenters. The Morgan fingerprint density at radius 1 is 0.846 bits per heavy atom. The summed E-state index contributed by atoms with van der Waals surface area (Å²) in [6.07, 6.45) is 0. The van der Waals surface area contributed by atoms with Crippen molar-refractivity contribution in [3.63, 3.8) is 0 Å². The van der Waals surface area contributed by atoms with Crippen molar-refractivity contribution in [2.24, 2.45) is 0 Å². The van der Waals surface area contributed by atoms with Crippen molar-refractivity contribution in [2.45, 2.75) is 13.8 Å². The van der Waals surface area contributed by atoms with E-state index in [4.69, 9.17) is 4.74 Å². The average molecular weight is 352 g/mol. The van der Waals surface area contributed by atoms with E-state index in [1.165, 1.54) is 12.7 Å². The van der Waals surface area contributed by atoms with E-state index in [9.17, 15) is 9.59 Å². The molecule has 0 bridgehead atoms. The van der Waals surface area contributed by atoms with Crippen LogP contribution in [0.1, 0.15) is 31.8 Å². The fraction of sp³-hybridized carbons (Fsp3) is 0.333. The lowest BCUT2D eigenvalue weighted by Crippen LogP contribution is -2.48. The van der Waals surface area contributed by atoms with Crippen LogP contribution in [-0.2, 0) is 4.74 Å². The van der Waals surface area contributed by atoms with Crippen LogP contribution in [0.4, 0.5) is 5.69 Å². The molecule has 0 N–H and O–H groups in total. The lowest BCUT2D eigenvalue weighted by molar-refractivity contribution is 0.0600. The molecule has 0 aromatic heterocycles. The van der Waals surface area contributed by atoms with Crippen LogP contribution in [0.3, 0.4) is 0 Å². The van der Waals surface area contributed by atoms with Crippen LogP contribution in [-0.4, -0.2) is 50.1 Å². The van der Waals surface area contributed by atoms with E-state index in [2.05, 4.69) is 4.90 Å². The zero-order valence-corrected chi connectivity index (χ0v) is 15.5. The lowest BCUT2D eigenvalue weighted by atomic mass is 10.1. The highest BCUT2D eigenvalue weighted by Crippen LogP contribution is 2.19. The van der Waals surface area contributed by atoms with Gasteiger partial charge in [0.1, 0.15) is 0 Å². The van der Waals surface area contributed by atoms with Crippen LogP contribution >= 0.6 is 0 Å². The van der Waals surface area contributed by atoms with Gasteiger partial charge in [-0.3, -0.25) is 4.79 Å². The van der Waals surface area contributed by atoms with Crippen LogP contribution in [0.15, 0.2) is 42.5 Å². The minimum absolute atomic E-state index is 0.0915. The molecule has 0 spiro atoms. The standard InChI is InChI=1S/C21H24N2O3/c1-15-4-5-18(14-16(15)2)20(24)23-12-10-22(11-13-23)19-8-6-17(7-9-19)21(25)26-3/h4-9,14H,10-13H2,1-3H3. The summed E-state index contributed by atoms with van der Waals surface area (Å²) in [5.41, 5.74) is 4.68. The summed E-state index contributed by atoms with van der Waals surface area (Å²) < 4.78 is 4.72. The maximum Gasteiger partial charge on any atom is 0.337 e. The van der Waals surface area contributed by atoms with Gasteiger partial charge in [0.25, 0.3) is 5.91 Å². The van der Waals surface area contributed by atoms with Crippen molar-refractivity contribution in [3.05, 3.63) is 64.7 Å². The fourth-order valence-corrected chi connectivity index (χ4v) is 3.15. The molecule has 26 heavy (non-hydrogen) atoms. The van der Waals surface area contributed by atoms with E-state index in [1.807, 2.05) is 49.1 Å². The SMILES string of the molecule is COC(=O)c1ccc(N2CCN(C(=O)c3ccc(C)c(C)c3)CC2)cc1. The van der Waals surface area contributed by atoms with Gasteiger partial charge in [-0.05, 0) is 61.4 Å². The number of rotatable bonds is 3. The molecular formula is C21H24N2O3. The Labute approximate surface area is 154 Å². The predicted molar refractivity (Wildman–Crippen MR) is 102 cm³/mol. The quantitative estimate of drug-likeness (QED) is 0.797. The molecule has 136 valence electrons. The number of benzene rings is 2. The molecule has 5 nitrogen and oxygen atoms in total. The number of aryl methyl sites for hydroxylation is 2.